The molecular formula is C27H29ClFN7O. The lowest BCUT2D eigenvalue weighted by molar-refractivity contribution is -0.134. The van der Waals surface area contributed by atoms with Gasteiger partial charge < -0.3 is 20.0 Å². The molecule has 37 heavy (non-hydrogen) atoms. The van der Waals surface area contributed by atoms with Gasteiger partial charge in [0.15, 0.2) is 0 Å². The number of carbonyl (C=O) groups is 1. The highest BCUT2D eigenvalue weighted by Gasteiger charge is 2.32. The van der Waals surface area contributed by atoms with Gasteiger partial charge in [-0.3, -0.25) is 4.79 Å². The van der Waals surface area contributed by atoms with Gasteiger partial charge in [0.1, 0.15) is 11.6 Å². The predicted molar refractivity (Wildman–Crippen MR) is 143 cm³/mol. The number of anilines is 3. The standard InChI is InChI=1S/C27H29ClFN7O/c1-34(26(37)22-4-3-11-31-22)19-9-12-36(13-10-19)27-32-23-14-17(16-30)5-7-20(23)25(33-27)35(2)24-8-6-18(28)15-21(24)29/h5-8,14-15,19,22,31H,3-4,9-13H2,1-2H3. The van der Waals surface area contributed by atoms with Crippen molar-refractivity contribution in [3.63, 3.8) is 0 Å². The molecule has 8 nitrogen and oxygen atoms in total. The molecule has 2 aliphatic rings. The molecule has 3 heterocycles. The van der Waals surface area contributed by atoms with Gasteiger partial charge in [0.05, 0.1) is 28.9 Å². The molecule has 0 bridgehead atoms. The van der Waals surface area contributed by atoms with E-state index < -0.39 is 5.82 Å². The number of hydrogen-bond acceptors (Lipinski definition) is 7. The van der Waals surface area contributed by atoms with Gasteiger partial charge in [0.25, 0.3) is 0 Å². The molecule has 2 aliphatic heterocycles. The SMILES string of the molecule is CN(c1ccc(Cl)cc1F)c1nc(N2CCC(N(C)C(=O)C3CCCN3)CC2)nc2cc(C#N)ccc12. The molecule has 2 fully saturated rings. The van der Waals surface area contributed by atoms with Crippen LogP contribution in [0.15, 0.2) is 36.4 Å². The van der Waals surface area contributed by atoms with Crippen LogP contribution in [0.2, 0.25) is 5.02 Å². The Balaban J connectivity index is 1.43. The fraction of sp³-hybridized carbons (Fsp3) is 0.407. The van der Waals surface area contributed by atoms with Crippen LogP contribution in [-0.4, -0.2) is 66.6 Å². The van der Waals surface area contributed by atoms with E-state index in [0.29, 0.717) is 52.0 Å². The zero-order valence-corrected chi connectivity index (χ0v) is 21.7. The van der Waals surface area contributed by atoms with Crippen molar-refractivity contribution in [3.8, 4) is 6.07 Å². The van der Waals surface area contributed by atoms with Gasteiger partial charge in [-0.15, -0.1) is 0 Å². The number of nitrogens with one attached hydrogen (secondary N) is 1. The van der Waals surface area contributed by atoms with Crippen molar-refractivity contribution in [1.82, 2.24) is 20.2 Å². The van der Waals surface area contributed by atoms with Gasteiger partial charge in [-0.25, -0.2) is 9.37 Å². The highest BCUT2D eigenvalue weighted by Crippen LogP contribution is 2.34. The number of piperidine rings is 1. The Morgan fingerprint density at radius 3 is 2.62 bits per heavy atom. The monoisotopic (exact) mass is 521 g/mol. The maximum Gasteiger partial charge on any atom is 0.239 e. The van der Waals surface area contributed by atoms with Crippen LogP contribution < -0.4 is 15.1 Å². The lowest BCUT2D eigenvalue weighted by Gasteiger charge is -2.38. The Hall–Kier alpha value is -3.48. The lowest BCUT2D eigenvalue weighted by Crippen LogP contribution is -2.50. The topological polar surface area (TPSA) is 88.4 Å². The second kappa shape index (κ2) is 10.5. The summed E-state index contributed by atoms with van der Waals surface area (Å²) < 4.78 is 14.8. The summed E-state index contributed by atoms with van der Waals surface area (Å²) in [6.07, 6.45) is 3.52. The minimum Gasteiger partial charge on any atom is -0.341 e. The third-order valence-corrected chi connectivity index (χ3v) is 7.62. The van der Waals surface area contributed by atoms with Gasteiger partial charge in [0, 0.05) is 43.6 Å². The Labute approximate surface area is 220 Å². The first-order valence-electron chi connectivity index (χ1n) is 12.5. The zero-order valence-electron chi connectivity index (χ0n) is 20.9. The number of benzene rings is 2. The van der Waals surface area contributed by atoms with Crippen molar-refractivity contribution >= 4 is 45.9 Å². The van der Waals surface area contributed by atoms with E-state index in [0.717, 1.165) is 32.2 Å². The Kier molecular flexibility index (Phi) is 7.13. The first-order valence-corrected chi connectivity index (χ1v) is 12.9. The van der Waals surface area contributed by atoms with Crippen LogP contribution in [0.5, 0.6) is 0 Å². The zero-order chi connectivity index (χ0) is 26.1. The van der Waals surface area contributed by atoms with E-state index in [4.69, 9.17) is 21.6 Å². The molecular weight excluding hydrogens is 493 g/mol. The molecule has 0 radical (unpaired) electrons. The summed E-state index contributed by atoms with van der Waals surface area (Å²) in [6.45, 7) is 2.26. The number of rotatable bonds is 5. The molecule has 3 aromatic rings. The molecule has 10 heteroatoms. The summed E-state index contributed by atoms with van der Waals surface area (Å²) in [5.74, 6) is 0.759. The Bertz CT molecular complexity index is 1360. The second-order valence-corrected chi connectivity index (χ2v) is 10.1. The summed E-state index contributed by atoms with van der Waals surface area (Å²) in [5.41, 5.74) is 1.43. The molecule has 2 aromatic carbocycles. The first-order chi connectivity index (χ1) is 17.9. The maximum atomic E-state index is 14.8. The molecule has 192 valence electrons. The van der Waals surface area contributed by atoms with Crippen LogP contribution in [0.4, 0.5) is 21.8 Å². The second-order valence-electron chi connectivity index (χ2n) is 9.66. The van der Waals surface area contributed by atoms with Crippen molar-refractivity contribution in [2.75, 3.05) is 43.5 Å². The molecule has 2 saturated heterocycles. The molecule has 0 aliphatic carbocycles. The number of likely N-dealkylation sites (N-methyl/N-ethyl adjacent to an activating group) is 1. The van der Waals surface area contributed by atoms with Crippen molar-refractivity contribution in [1.29, 1.82) is 5.26 Å². The van der Waals surface area contributed by atoms with E-state index in [1.165, 1.54) is 6.07 Å². The van der Waals surface area contributed by atoms with Crippen LogP contribution >= 0.6 is 11.6 Å². The van der Waals surface area contributed by atoms with Gasteiger partial charge in [0.2, 0.25) is 11.9 Å². The van der Waals surface area contributed by atoms with Crippen LogP contribution in [0, 0.1) is 17.1 Å². The van der Waals surface area contributed by atoms with E-state index >= 15 is 0 Å². The summed E-state index contributed by atoms with van der Waals surface area (Å²) in [6, 6.07) is 12.0. The van der Waals surface area contributed by atoms with E-state index in [9.17, 15) is 14.4 Å². The average Bonchev–Trinajstić information content (AvgIpc) is 3.46. The predicted octanol–water partition coefficient (Wildman–Crippen LogP) is 4.24. The lowest BCUT2D eigenvalue weighted by atomic mass is 10.0. The smallest absolute Gasteiger partial charge is 0.239 e. The highest BCUT2D eigenvalue weighted by atomic mass is 35.5. The number of fused-ring (bicyclic) bond motifs is 1. The third-order valence-electron chi connectivity index (χ3n) is 7.38. The largest absolute Gasteiger partial charge is 0.341 e. The average molecular weight is 522 g/mol. The van der Waals surface area contributed by atoms with Gasteiger partial charge >= 0.3 is 0 Å². The summed E-state index contributed by atoms with van der Waals surface area (Å²) in [5, 5.41) is 13.7. The molecule has 5 rings (SSSR count). The fourth-order valence-corrected chi connectivity index (χ4v) is 5.37. The summed E-state index contributed by atoms with van der Waals surface area (Å²) in [4.78, 5) is 28.2. The molecule has 1 aromatic heterocycles. The third kappa shape index (κ3) is 5.04. The highest BCUT2D eigenvalue weighted by molar-refractivity contribution is 6.30. The molecule has 0 spiro atoms. The number of amides is 1. The molecule has 0 saturated carbocycles. The number of halogens is 2. The maximum absolute atomic E-state index is 14.8. The van der Waals surface area contributed by atoms with Crippen molar-refractivity contribution in [2.24, 2.45) is 0 Å². The normalized spacial score (nSPS) is 18.1. The van der Waals surface area contributed by atoms with Gasteiger partial charge in [-0.1, -0.05) is 11.6 Å². The van der Waals surface area contributed by atoms with Gasteiger partial charge in [-0.2, -0.15) is 10.2 Å². The van der Waals surface area contributed by atoms with Crippen LogP contribution in [0.25, 0.3) is 10.9 Å². The molecule has 1 atom stereocenters. The molecule has 1 unspecified atom stereocenters. The Morgan fingerprint density at radius 2 is 1.95 bits per heavy atom. The van der Waals surface area contributed by atoms with Crippen LogP contribution in [-0.2, 0) is 4.79 Å². The minimum absolute atomic E-state index is 0.0764. The van der Waals surface area contributed by atoms with E-state index in [-0.39, 0.29) is 18.0 Å². The van der Waals surface area contributed by atoms with Crippen molar-refractivity contribution < 1.29 is 9.18 Å². The van der Waals surface area contributed by atoms with Crippen LogP contribution in [0.3, 0.4) is 0 Å². The van der Waals surface area contributed by atoms with E-state index in [1.807, 2.05) is 11.9 Å². The number of nitrogens with zero attached hydrogens (tertiary/aromatic N) is 6. The Morgan fingerprint density at radius 1 is 1.16 bits per heavy atom. The number of carbonyl (C=O) groups excluding carboxylic acids is 1. The number of aromatic nitrogens is 2. The molecule has 1 N–H and O–H groups in total. The quantitative estimate of drug-likeness (QED) is 0.537. The van der Waals surface area contributed by atoms with Crippen molar-refractivity contribution in [2.45, 2.75) is 37.8 Å². The van der Waals surface area contributed by atoms with E-state index in [2.05, 4.69) is 16.3 Å². The number of nitriles is 1. The minimum atomic E-state index is -0.456. The summed E-state index contributed by atoms with van der Waals surface area (Å²) >= 11 is 5.96. The van der Waals surface area contributed by atoms with Gasteiger partial charge in [-0.05, 0) is 68.6 Å². The first kappa shape index (κ1) is 25.2. The van der Waals surface area contributed by atoms with E-state index in [1.54, 1.807) is 42.3 Å². The number of hydrogen-bond donors (Lipinski definition) is 1. The van der Waals surface area contributed by atoms with Crippen LogP contribution in [0.1, 0.15) is 31.2 Å². The summed E-state index contributed by atoms with van der Waals surface area (Å²) in [7, 11) is 3.65. The molecule has 1 amide bonds. The van der Waals surface area contributed by atoms with Crippen molar-refractivity contribution in [3.05, 3.63) is 52.8 Å². The fourth-order valence-electron chi connectivity index (χ4n) is 5.21.